The number of likely N-dealkylation sites (N-methyl/N-ethyl adjacent to an activating group) is 1. The van der Waals surface area contributed by atoms with Gasteiger partial charge in [0.2, 0.25) is 0 Å². The Morgan fingerprint density at radius 1 is 0.960 bits per heavy atom. The third kappa shape index (κ3) is 10.1. The molecule has 2 fully saturated rings. The van der Waals surface area contributed by atoms with Crippen molar-refractivity contribution in [3.05, 3.63) is 12.2 Å². The van der Waals surface area contributed by atoms with Gasteiger partial charge in [-0.15, -0.1) is 0 Å². The molecule has 3 rings (SSSR count). The van der Waals surface area contributed by atoms with Crippen molar-refractivity contribution in [3.63, 3.8) is 0 Å². The first-order valence-electron chi connectivity index (χ1n) is 18.0. The highest BCUT2D eigenvalue weighted by molar-refractivity contribution is 5.91. The number of ketones is 1. The Balaban J connectivity index is 2.01. The Labute approximate surface area is 296 Å². The van der Waals surface area contributed by atoms with Gasteiger partial charge in [0.15, 0.2) is 18.2 Å². The normalized spacial score (nSPS) is 40.7. The van der Waals surface area contributed by atoms with Gasteiger partial charge in [0.1, 0.15) is 12.2 Å². The number of esters is 4. The summed E-state index contributed by atoms with van der Waals surface area (Å²) in [5, 5.41) is 11.5. The molecule has 0 bridgehead atoms. The largest absolute Gasteiger partial charge is 0.465 e. The molecule has 13 heteroatoms. The summed E-state index contributed by atoms with van der Waals surface area (Å²) in [4.78, 5) is 65.7. The summed E-state index contributed by atoms with van der Waals surface area (Å²) in [6.45, 7) is 15.5. The van der Waals surface area contributed by atoms with Crippen LogP contribution in [0.1, 0.15) is 81.6 Å². The van der Waals surface area contributed by atoms with E-state index in [0.717, 1.165) is 0 Å². The average Bonchev–Trinajstić information content (AvgIpc) is 3.02. The lowest BCUT2D eigenvalue weighted by molar-refractivity contribution is -0.307. The van der Waals surface area contributed by atoms with Crippen LogP contribution in [0.4, 0.5) is 0 Å². The Morgan fingerprint density at radius 3 is 2.16 bits per heavy atom. The van der Waals surface area contributed by atoms with Gasteiger partial charge < -0.3 is 33.5 Å². The highest BCUT2D eigenvalue weighted by Gasteiger charge is 2.51. The van der Waals surface area contributed by atoms with E-state index in [1.807, 2.05) is 33.8 Å². The van der Waals surface area contributed by atoms with Crippen LogP contribution in [0.3, 0.4) is 0 Å². The topological polar surface area (TPSA) is 164 Å². The summed E-state index contributed by atoms with van der Waals surface area (Å²) < 4.78 is 35.8. The summed E-state index contributed by atoms with van der Waals surface area (Å²) >= 11 is 0. The third-order valence-corrected chi connectivity index (χ3v) is 10.7. The van der Waals surface area contributed by atoms with Gasteiger partial charge in [0.05, 0.1) is 43.3 Å². The maximum atomic E-state index is 13.5. The molecule has 284 valence electrons. The lowest BCUT2D eigenvalue weighted by Gasteiger charge is -2.48. The molecule has 3 heterocycles. The van der Waals surface area contributed by atoms with E-state index >= 15 is 0 Å². The van der Waals surface area contributed by atoms with Crippen molar-refractivity contribution in [1.29, 1.82) is 0 Å². The highest BCUT2D eigenvalue weighted by Crippen LogP contribution is 2.39. The van der Waals surface area contributed by atoms with Gasteiger partial charge in [0.25, 0.3) is 0 Å². The molecule has 0 spiro atoms. The molecular formula is C37H59NO12. The minimum absolute atomic E-state index is 0.0874. The fourth-order valence-electron chi connectivity index (χ4n) is 8.06. The van der Waals surface area contributed by atoms with Crippen molar-refractivity contribution in [2.24, 2.45) is 41.4 Å². The van der Waals surface area contributed by atoms with E-state index in [9.17, 15) is 29.1 Å². The second-order valence-electron chi connectivity index (χ2n) is 14.9. The number of carbonyl (C=O) groups is 5. The minimum Gasteiger partial charge on any atom is -0.465 e. The molecule has 0 aromatic heterocycles. The number of rotatable bonds is 6. The number of hydrogen-bond acceptors (Lipinski definition) is 13. The number of cyclic esters (lactones) is 2. The number of fused-ring (bicyclic) bond motifs is 1. The summed E-state index contributed by atoms with van der Waals surface area (Å²) in [6, 6.07) is -0.641. The van der Waals surface area contributed by atoms with Gasteiger partial charge >= 0.3 is 23.9 Å². The molecule has 0 radical (unpaired) electrons. The first-order chi connectivity index (χ1) is 23.4. The number of carbonyl (C=O) groups excluding carboxylic acids is 5. The fraction of sp³-hybridized carbons (Fsp3) is 0.811. The number of hydrogen-bond donors (Lipinski definition) is 1. The SMILES string of the molecule is CC[C@H]1OC(=O)C[C@@H](O)[C@H](C)[C@@H](OC2OC(C)C(OC(C)=O)C(N(C)C)C2OC(C)=O)[C@@H](C)C[C@@H](C)C(=O)C=CC(C)C2C(C)C(=O)OC[C@@H]21. The summed E-state index contributed by atoms with van der Waals surface area (Å²) in [5.41, 5.74) is 0. The molecule has 1 N–H and O–H groups in total. The lowest BCUT2D eigenvalue weighted by atomic mass is 9.70. The Kier molecular flexibility index (Phi) is 15.0. The zero-order chi connectivity index (χ0) is 37.6. The Bertz CT molecular complexity index is 1240. The molecule has 3 aliphatic heterocycles. The van der Waals surface area contributed by atoms with Crippen LogP contribution in [0, 0.1) is 41.4 Å². The van der Waals surface area contributed by atoms with E-state index in [2.05, 4.69) is 0 Å². The van der Waals surface area contributed by atoms with Crippen LogP contribution < -0.4 is 0 Å². The average molecular weight is 710 g/mol. The summed E-state index contributed by atoms with van der Waals surface area (Å²) in [6.07, 6.45) is -2.29. The van der Waals surface area contributed by atoms with Crippen LogP contribution in [-0.2, 0) is 52.4 Å². The van der Waals surface area contributed by atoms with E-state index in [4.69, 9.17) is 28.4 Å². The first-order valence-corrected chi connectivity index (χ1v) is 18.0. The van der Waals surface area contributed by atoms with Gasteiger partial charge in [-0.05, 0) is 57.7 Å². The molecular weight excluding hydrogens is 650 g/mol. The van der Waals surface area contributed by atoms with Crippen LogP contribution in [0.25, 0.3) is 0 Å². The molecule has 15 atom stereocenters. The highest BCUT2D eigenvalue weighted by atomic mass is 16.7. The molecule has 0 saturated carbocycles. The molecule has 13 nitrogen and oxygen atoms in total. The standard InChI is InChI=1S/C37H59NO12/c1-12-29-26-17-45-36(44)22(6)31(26)18(2)13-14-27(41)19(3)15-20(4)33(21(5)28(42)16-30(43)49-29)50-37-35(48-25(9)40)32(38(10)11)34(23(7)46-37)47-24(8)39/h13-14,18-23,26,28-29,31-35,37,42H,12,15-17H2,1-11H3/t18?,19-,20+,21+,22?,23?,26-,28-,29-,31?,32?,33+,34?,35?,37?/m1/s1. The van der Waals surface area contributed by atoms with Crippen molar-refractivity contribution in [2.45, 2.75) is 131 Å². The predicted molar refractivity (Wildman–Crippen MR) is 181 cm³/mol. The van der Waals surface area contributed by atoms with E-state index in [1.165, 1.54) is 13.8 Å². The zero-order valence-electron chi connectivity index (χ0n) is 31.5. The van der Waals surface area contributed by atoms with E-state index in [-0.39, 0.29) is 48.5 Å². The first kappa shape index (κ1) is 41.5. The van der Waals surface area contributed by atoms with Crippen LogP contribution >= 0.6 is 0 Å². The monoisotopic (exact) mass is 709 g/mol. The maximum absolute atomic E-state index is 13.5. The van der Waals surface area contributed by atoms with Crippen molar-refractivity contribution in [3.8, 4) is 0 Å². The van der Waals surface area contributed by atoms with Gasteiger partial charge in [-0.2, -0.15) is 0 Å². The second-order valence-corrected chi connectivity index (χ2v) is 14.9. The van der Waals surface area contributed by atoms with Crippen molar-refractivity contribution >= 4 is 29.7 Å². The van der Waals surface area contributed by atoms with E-state index in [1.54, 1.807) is 45.8 Å². The number of ether oxygens (including phenoxy) is 6. The van der Waals surface area contributed by atoms with Crippen LogP contribution in [0.5, 0.6) is 0 Å². The zero-order valence-corrected chi connectivity index (χ0v) is 31.5. The second kappa shape index (κ2) is 18.1. The molecule has 0 aliphatic carbocycles. The van der Waals surface area contributed by atoms with Crippen LogP contribution in [-0.4, -0.2) is 109 Å². The molecule has 0 aromatic carbocycles. The van der Waals surface area contributed by atoms with E-state index in [0.29, 0.717) is 12.8 Å². The number of nitrogens with zero attached hydrogens (tertiary/aromatic N) is 1. The Morgan fingerprint density at radius 2 is 1.58 bits per heavy atom. The van der Waals surface area contributed by atoms with Gasteiger partial charge in [0, 0.05) is 31.6 Å². The summed E-state index contributed by atoms with van der Waals surface area (Å²) in [7, 11) is 3.54. The van der Waals surface area contributed by atoms with Crippen molar-refractivity contribution in [2.75, 3.05) is 20.7 Å². The Hall–Kier alpha value is -2.87. The molecule has 0 aromatic rings. The summed E-state index contributed by atoms with van der Waals surface area (Å²) in [5.74, 6) is -4.77. The van der Waals surface area contributed by atoms with Crippen LogP contribution in [0.2, 0.25) is 0 Å². The van der Waals surface area contributed by atoms with E-state index < -0.39 is 84.6 Å². The third-order valence-electron chi connectivity index (χ3n) is 10.7. The van der Waals surface area contributed by atoms with Gasteiger partial charge in [-0.3, -0.25) is 28.9 Å². The predicted octanol–water partition coefficient (Wildman–Crippen LogP) is 3.48. The number of aliphatic hydroxyl groups excluding tert-OH is 1. The fourth-order valence-corrected chi connectivity index (χ4v) is 8.06. The smallest absolute Gasteiger partial charge is 0.308 e. The van der Waals surface area contributed by atoms with Gasteiger partial charge in [-0.25, -0.2) is 0 Å². The lowest BCUT2D eigenvalue weighted by Crippen LogP contribution is -2.65. The quantitative estimate of drug-likeness (QED) is 0.315. The number of allylic oxidation sites excluding steroid dienone is 2. The molecule has 8 unspecified atom stereocenters. The molecule has 50 heavy (non-hydrogen) atoms. The molecule has 0 amide bonds. The molecule has 3 aliphatic rings. The van der Waals surface area contributed by atoms with Crippen molar-refractivity contribution in [1.82, 2.24) is 4.90 Å². The van der Waals surface area contributed by atoms with Crippen LogP contribution in [0.15, 0.2) is 12.2 Å². The maximum Gasteiger partial charge on any atom is 0.308 e. The molecule has 2 saturated heterocycles. The number of aliphatic hydroxyl groups is 1. The van der Waals surface area contributed by atoms with Crippen molar-refractivity contribution < 1.29 is 57.5 Å². The minimum atomic E-state index is -1.21. The van der Waals surface area contributed by atoms with Gasteiger partial charge in [-0.1, -0.05) is 47.6 Å².